The van der Waals surface area contributed by atoms with Gasteiger partial charge in [0.15, 0.2) is 0 Å². The van der Waals surface area contributed by atoms with E-state index >= 15 is 0 Å². The van der Waals surface area contributed by atoms with Crippen molar-refractivity contribution < 1.29 is 9.18 Å². The van der Waals surface area contributed by atoms with Gasteiger partial charge in [-0.1, -0.05) is 24.3 Å². The molecule has 3 aromatic rings. The second kappa shape index (κ2) is 5.18. The molecule has 0 atom stereocenters. The maximum Gasteiger partial charge on any atom is 0.267 e. The number of nitrogens with two attached hydrogens (primary N) is 1. The van der Waals surface area contributed by atoms with E-state index < -0.39 is 0 Å². The molecule has 21 heavy (non-hydrogen) atoms. The van der Waals surface area contributed by atoms with E-state index in [4.69, 9.17) is 5.73 Å². The van der Waals surface area contributed by atoms with Crippen LogP contribution < -0.4 is 11.1 Å². The average molecular weight is 300 g/mol. The number of anilines is 2. The van der Waals surface area contributed by atoms with Crippen molar-refractivity contribution in [3.05, 3.63) is 58.7 Å². The van der Waals surface area contributed by atoms with Crippen LogP contribution in [0.3, 0.4) is 0 Å². The van der Waals surface area contributed by atoms with E-state index in [0.717, 1.165) is 15.6 Å². The predicted octanol–water partition coefficient (Wildman–Crippen LogP) is 4.18. The Balaban J connectivity index is 1.97. The van der Waals surface area contributed by atoms with E-state index in [1.807, 2.05) is 31.2 Å². The lowest BCUT2D eigenvalue weighted by atomic mass is 10.2. The standard InChI is InChI=1S/C16H13FN2OS/c1-9-6-7-10(17)8-12(9)19-16(20)15-14(18)11-4-2-3-5-13(11)21-15/h2-8H,18H2,1H3,(H,19,20). The quantitative estimate of drug-likeness (QED) is 0.746. The fourth-order valence-corrected chi connectivity index (χ4v) is 3.16. The summed E-state index contributed by atoms with van der Waals surface area (Å²) in [6, 6.07) is 11.9. The molecular weight excluding hydrogens is 287 g/mol. The second-order valence-corrected chi connectivity index (χ2v) is 5.81. The molecule has 1 heterocycles. The van der Waals surface area contributed by atoms with Gasteiger partial charge >= 0.3 is 0 Å². The Bertz CT molecular complexity index is 841. The van der Waals surface area contributed by atoms with Crippen LogP contribution in [0.1, 0.15) is 15.2 Å². The molecule has 106 valence electrons. The van der Waals surface area contributed by atoms with Gasteiger partial charge in [-0.3, -0.25) is 4.79 Å². The molecule has 1 amide bonds. The van der Waals surface area contributed by atoms with Crippen molar-refractivity contribution in [3.63, 3.8) is 0 Å². The predicted molar refractivity (Wildman–Crippen MR) is 85.3 cm³/mol. The number of aryl methyl sites for hydroxylation is 1. The normalized spacial score (nSPS) is 10.8. The smallest absolute Gasteiger partial charge is 0.267 e. The number of benzene rings is 2. The SMILES string of the molecule is Cc1ccc(F)cc1NC(=O)c1sc2ccccc2c1N. The van der Waals surface area contributed by atoms with Gasteiger partial charge in [-0.25, -0.2) is 4.39 Å². The molecule has 0 saturated heterocycles. The molecule has 0 bridgehead atoms. The molecule has 0 saturated carbocycles. The van der Waals surface area contributed by atoms with Crippen LogP contribution in [0.15, 0.2) is 42.5 Å². The number of hydrogen-bond acceptors (Lipinski definition) is 3. The third kappa shape index (κ3) is 2.48. The molecule has 3 N–H and O–H groups in total. The summed E-state index contributed by atoms with van der Waals surface area (Å²) in [6.07, 6.45) is 0. The Hall–Kier alpha value is -2.40. The molecule has 0 fully saturated rings. The van der Waals surface area contributed by atoms with Crippen molar-refractivity contribution in [2.45, 2.75) is 6.92 Å². The summed E-state index contributed by atoms with van der Waals surface area (Å²) < 4.78 is 14.2. The van der Waals surface area contributed by atoms with Crippen molar-refractivity contribution in [3.8, 4) is 0 Å². The van der Waals surface area contributed by atoms with Gasteiger partial charge in [0, 0.05) is 15.8 Å². The minimum absolute atomic E-state index is 0.317. The first-order valence-electron chi connectivity index (χ1n) is 6.41. The number of thiophene rings is 1. The van der Waals surface area contributed by atoms with Gasteiger partial charge in [0.25, 0.3) is 5.91 Å². The third-order valence-corrected chi connectivity index (χ3v) is 4.47. The minimum atomic E-state index is -0.389. The van der Waals surface area contributed by atoms with E-state index in [9.17, 15) is 9.18 Å². The first-order chi connectivity index (χ1) is 10.1. The van der Waals surface area contributed by atoms with Crippen LogP contribution in [-0.2, 0) is 0 Å². The maximum absolute atomic E-state index is 13.3. The minimum Gasteiger partial charge on any atom is -0.397 e. The summed E-state index contributed by atoms with van der Waals surface area (Å²) in [4.78, 5) is 12.8. The average Bonchev–Trinajstić information content (AvgIpc) is 2.81. The highest BCUT2D eigenvalue weighted by atomic mass is 32.1. The summed E-state index contributed by atoms with van der Waals surface area (Å²) in [7, 11) is 0. The van der Waals surface area contributed by atoms with Gasteiger partial charge in [-0.2, -0.15) is 0 Å². The first kappa shape index (κ1) is 13.6. The molecule has 0 aliphatic heterocycles. The van der Waals surface area contributed by atoms with Crippen molar-refractivity contribution in [2.24, 2.45) is 0 Å². The molecule has 0 aliphatic rings. The molecule has 0 aliphatic carbocycles. The molecule has 3 rings (SSSR count). The maximum atomic E-state index is 13.3. The molecule has 3 nitrogen and oxygen atoms in total. The van der Waals surface area contributed by atoms with Gasteiger partial charge in [0.1, 0.15) is 10.7 Å². The van der Waals surface area contributed by atoms with Gasteiger partial charge < -0.3 is 11.1 Å². The van der Waals surface area contributed by atoms with Gasteiger partial charge in [0.2, 0.25) is 0 Å². The van der Waals surface area contributed by atoms with Crippen LogP contribution in [0.2, 0.25) is 0 Å². The van der Waals surface area contributed by atoms with Crippen LogP contribution in [0.5, 0.6) is 0 Å². The van der Waals surface area contributed by atoms with Gasteiger partial charge in [-0.05, 0) is 30.7 Å². The topological polar surface area (TPSA) is 55.1 Å². The van der Waals surface area contributed by atoms with Crippen molar-refractivity contribution in [1.29, 1.82) is 0 Å². The number of amides is 1. The molecule has 1 aromatic heterocycles. The molecule has 0 spiro atoms. The van der Waals surface area contributed by atoms with Crippen LogP contribution in [0, 0.1) is 12.7 Å². The zero-order valence-corrected chi connectivity index (χ0v) is 12.1. The summed E-state index contributed by atoms with van der Waals surface area (Å²) in [6.45, 7) is 1.81. The fraction of sp³-hybridized carbons (Fsp3) is 0.0625. The summed E-state index contributed by atoms with van der Waals surface area (Å²) >= 11 is 1.33. The Morgan fingerprint density at radius 1 is 1.24 bits per heavy atom. The number of halogens is 1. The van der Waals surface area contributed by atoms with E-state index in [1.165, 1.54) is 23.5 Å². The van der Waals surface area contributed by atoms with Crippen LogP contribution >= 0.6 is 11.3 Å². The molecule has 2 aromatic carbocycles. The Morgan fingerprint density at radius 3 is 2.76 bits per heavy atom. The second-order valence-electron chi connectivity index (χ2n) is 4.75. The van der Waals surface area contributed by atoms with E-state index in [2.05, 4.69) is 5.32 Å². The summed E-state index contributed by atoms with van der Waals surface area (Å²) in [5, 5.41) is 3.59. The number of nitrogens with one attached hydrogen (secondary N) is 1. The molecule has 5 heteroatoms. The van der Waals surface area contributed by atoms with E-state index in [0.29, 0.717) is 16.3 Å². The lowest BCUT2D eigenvalue weighted by Gasteiger charge is -2.07. The van der Waals surface area contributed by atoms with Crippen LogP contribution in [-0.4, -0.2) is 5.91 Å². The summed E-state index contributed by atoms with van der Waals surface area (Å²) in [5.74, 6) is -0.706. The lowest BCUT2D eigenvalue weighted by Crippen LogP contribution is -2.13. The van der Waals surface area contributed by atoms with Crippen molar-refractivity contribution >= 4 is 38.7 Å². The number of nitrogen functional groups attached to an aromatic ring is 1. The van der Waals surface area contributed by atoms with Crippen LogP contribution in [0.25, 0.3) is 10.1 Å². The first-order valence-corrected chi connectivity index (χ1v) is 7.22. The molecule has 0 radical (unpaired) electrons. The van der Waals surface area contributed by atoms with E-state index in [1.54, 1.807) is 6.07 Å². The zero-order valence-electron chi connectivity index (χ0n) is 11.3. The van der Waals surface area contributed by atoms with Gasteiger partial charge in [0.05, 0.1) is 5.69 Å². The molecular formula is C16H13FN2OS. The Kier molecular flexibility index (Phi) is 3.35. The number of rotatable bonds is 2. The monoisotopic (exact) mass is 300 g/mol. The highest BCUT2D eigenvalue weighted by Gasteiger charge is 2.17. The Morgan fingerprint density at radius 2 is 2.00 bits per heavy atom. The van der Waals surface area contributed by atoms with Crippen LogP contribution in [0.4, 0.5) is 15.8 Å². The highest BCUT2D eigenvalue weighted by Crippen LogP contribution is 2.34. The fourth-order valence-electron chi connectivity index (χ4n) is 2.14. The lowest BCUT2D eigenvalue weighted by molar-refractivity contribution is 0.103. The number of hydrogen-bond donors (Lipinski definition) is 2. The number of carbonyl (C=O) groups is 1. The van der Waals surface area contributed by atoms with Crippen molar-refractivity contribution in [2.75, 3.05) is 11.1 Å². The zero-order chi connectivity index (χ0) is 15.0. The third-order valence-electron chi connectivity index (χ3n) is 3.29. The Labute approximate surface area is 125 Å². The van der Waals surface area contributed by atoms with Crippen molar-refractivity contribution in [1.82, 2.24) is 0 Å². The van der Waals surface area contributed by atoms with Gasteiger partial charge in [-0.15, -0.1) is 11.3 Å². The molecule has 0 unspecified atom stereocenters. The number of fused-ring (bicyclic) bond motifs is 1. The highest BCUT2D eigenvalue weighted by molar-refractivity contribution is 7.21. The number of carbonyl (C=O) groups excluding carboxylic acids is 1. The van der Waals surface area contributed by atoms with E-state index in [-0.39, 0.29) is 11.7 Å². The summed E-state index contributed by atoms with van der Waals surface area (Å²) in [5.41, 5.74) is 7.75. The largest absolute Gasteiger partial charge is 0.397 e.